The van der Waals surface area contributed by atoms with Crippen molar-refractivity contribution in [2.45, 2.75) is 18.2 Å². The van der Waals surface area contributed by atoms with Crippen LogP contribution in [0, 0.1) is 11.7 Å². The Morgan fingerprint density at radius 3 is 2.74 bits per heavy atom. The summed E-state index contributed by atoms with van der Waals surface area (Å²) in [6.07, 6.45) is 1.88. The lowest BCUT2D eigenvalue weighted by molar-refractivity contribution is 0.542. The molecule has 98 valence electrons. The first-order valence-corrected chi connectivity index (χ1v) is 7.54. The van der Waals surface area contributed by atoms with Crippen molar-refractivity contribution in [3.63, 3.8) is 0 Å². The van der Waals surface area contributed by atoms with Gasteiger partial charge in [0.05, 0.1) is 9.85 Å². The normalized spacial score (nSPS) is 21.4. The van der Waals surface area contributed by atoms with E-state index < -0.39 is 0 Å². The molecule has 1 aliphatic carbocycles. The van der Waals surface area contributed by atoms with Crippen molar-refractivity contribution in [2.24, 2.45) is 5.92 Å². The molecule has 0 aliphatic heterocycles. The Kier molecular flexibility index (Phi) is 3.64. The summed E-state index contributed by atoms with van der Waals surface area (Å²) in [5.74, 6) is 0.164. The molecule has 2 aromatic rings. The van der Waals surface area contributed by atoms with Crippen LogP contribution in [0.2, 0.25) is 0 Å². The highest BCUT2D eigenvalue weighted by Gasteiger charge is 2.30. The van der Waals surface area contributed by atoms with E-state index in [0.717, 1.165) is 18.4 Å². The van der Waals surface area contributed by atoms with E-state index >= 15 is 0 Å². The summed E-state index contributed by atoms with van der Waals surface area (Å²) in [6, 6.07) is 13.5. The quantitative estimate of drug-likeness (QED) is 0.653. The molecule has 0 aromatic heterocycles. The highest BCUT2D eigenvalue weighted by Crippen LogP contribution is 2.42. The van der Waals surface area contributed by atoms with Gasteiger partial charge in [0.1, 0.15) is 5.82 Å². The average molecular weight is 340 g/mol. The third kappa shape index (κ3) is 2.56. The van der Waals surface area contributed by atoms with Gasteiger partial charge in [-0.3, -0.25) is 0 Å². The van der Waals surface area contributed by atoms with E-state index in [4.69, 9.17) is 11.6 Å². The fraction of sp³-hybridized carbons (Fsp3) is 0.250. The lowest BCUT2D eigenvalue weighted by Crippen LogP contribution is -2.07. The van der Waals surface area contributed by atoms with E-state index in [1.165, 1.54) is 17.2 Å². The molecule has 2 aromatic carbocycles. The summed E-state index contributed by atoms with van der Waals surface area (Å²) in [5.41, 5.74) is 3.71. The van der Waals surface area contributed by atoms with Crippen LogP contribution < -0.4 is 0 Å². The molecule has 0 saturated carbocycles. The molecular weight excluding hydrogens is 327 g/mol. The molecule has 2 unspecified atom stereocenters. The van der Waals surface area contributed by atoms with Crippen molar-refractivity contribution in [2.75, 3.05) is 0 Å². The summed E-state index contributed by atoms with van der Waals surface area (Å²) in [4.78, 5) is 0. The molecule has 0 nitrogen and oxygen atoms in total. The number of fused-ring (bicyclic) bond motifs is 1. The van der Waals surface area contributed by atoms with Gasteiger partial charge in [-0.2, -0.15) is 0 Å². The van der Waals surface area contributed by atoms with Crippen LogP contribution in [0.25, 0.3) is 0 Å². The number of hydrogen-bond acceptors (Lipinski definition) is 0. The molecule has 0 N–H and O–H groups in total. The van der Waals surface area contributed by atoms with Crippen molar-refractivity contribution in [3.05, 3.63) is 69.4 Å². The number of benzene rings is 2. The summed E-state index contributed by atoms with van der Waals surface area (Å²) in [6.45, 7) is 0. The Labute approximate surface area is 125 Å². The highest BCUT2D eigenvalue weighted by molar-refractivity contribution is 9.10. The molecule has 0 amide bonds. The summed E-state index contributed by atoms with van der Waals surface area (Å²) in [5, 5.41) is 0.0556. The summed E-state index contributed by atoms with van der Waals surface area (Å²) in [7, 11) is 0. The Hall–Kier alpha value is -0.860. The summed E-state index contributed by atoms with van der Waals surface area (Å²) < 4.78 is 13.8. The van der Waals surface area contributed by atoms with Crippen molar-refractivity contribution in [3.8, 4) is 0 Å². The van der Waals surface area contributed by atoms with Gasteiger partial charge < -0.3 is 0 Å². The Morgan fingerprint density at radius 1 is 1.21 bits per heavy atom. The van der Waals surface area contributed by atoms with Crippen molar-refractivity contribution < 1.29 is 4.39 Å². The molecule has 3 rings (SSSR count). The Balaban J connectivity index is 1.80. The van der Waals surface area contributed by atoms with Crippen LogP contribution in [-0.4, -0.2) is 0 Å². The Morgan fingerprint density at radius 2 is 2.00 bits per heavy atom. The minimum Gasteiger partial charge on any atom is -0.206 e. The van der Waals surface area contributed by atoms with Crippen LogP contribution in [0.5, 0.6) is 0 Å². The maximum Gasteiger partial charge on any atom is 0.137 e. The fourth-order valence-electron chi connectivity index (χ4n) is 2.77. The van der Waals surface area contributed by atoms with Gasteiger partial charge in [-0.05, 0) is 63.5 Å². The van der Waals surface area contributed by atoms with Gasteiger partial charge in [0.2, 0.25) is 0 Å². The Bertz CT molecular complexity index is 611. The van der Waals surface area contributed by atoms with E-state index in [-0.39, 0.29) is 11.2 Å². The number of hydrogen-bond donors (Lipinski definition) is 0. The predicted octanol–water partition coefficient (Wildman–Crippen LogP) is 5.28. The van der Waals surface area contributed by atoms with Gasteiger partial charge in [0.25, 0.3) is 0 Å². The molecule has 1 aliphatic rings. The second kappa shape index (κ2) is 5.26. The van der Waals surface area contributed by atoms with Gasteiger partial charge in [-0.15, -0.1) is 11.6 Å². The molecule has 0 spiro atoms. The fourth-order valence-corrected chi connectivity index (χ4v) is 3.59. The van der Waals surface area contributed by atoms with E-state index in [1.54, 1.807) is 0 Å². The molecule has 19 heavy (non-hydrogen) atoms. The summed E-state index contributed by atoms with van der Waals surface area (Å²) >= 11 is 9.77. The maximum absolute atomic E-state index is 13.2. The minimum atomic E-state index is -0.221. The molecular formula is C16H13BrClF. The lowest BCUT2D eigenvalue weighted by Gasteiger charge is -2.14. The van der Waals surface area contributed by atoms with Crippen LogP contribution in [0.4, 0.5) is 4.39 Å². The lowest BCUT2D eigenvalue weighted by atomic mass is 9.96. The third-order valence-electron chi connectivity index (χ3n) is 3.73. The molecule has 0 radical (unpaired) electrons. The van der Waals surface area contributed by atoms with Gasteiger partial charge in [0.15, 0.2) is 0 Å². The second-order valence-electron chi connectivity index (χ2n) is 5.02. The first-order chi connectivity index (χ1) is 9.15. The largest absolute Gasteiger partial charge is 0.206 e. The molecule has 0 saturated heterocycles. The van der Waals surface area contributed by atoms with E-state index in [1.807, 2.05) is 18.2 Å². The van der Waals surface area contributed by atoms with Crippen molar-refractivity contribution in [1.29, 1.82) is 0 Å². The van der Waals surface area contributed by atoms with E-state index in [9.17, 15) is 4.39 Å². The van der Waals surface area contributed by atoms with E-state index in [0.29, 0.717) is 10.4 Å². The van der Waals surface area contributed by atoms with Crippen LogP contribution in [0.15, 0.2) is 46.9 Å². The molecule has 0 heterocycles. The zero-order valence-electron chi connectivity index (χ0n) is 10.2. The maximum atomic E-state index is 13.2. The number of rotatable bonds is 2. The highest BCUT2D eigenvalue weighted by atomic mass is 79.9. The minimum absolute atomic E-state index is 0.0556. The van der Waals surface area contributed by atoms with Crippen molar-refractivity contribution in [1.82, 2.24) is 0 Å². The van der Waals surface area contributed by atoms with Crippen molar-refractivity contribution >= 4 is 27.5 Å². The molecule has 2 atom stereocenters. The number of halogens is 3. The first kappa shape index (κ1) is 13.1. The predicted molar refractivity (Wildman–Crippen MR) is 80.0 cm³/mol. The average Bonchev–Trinajstić information content (AvgIpc) is 2.72. The first-order valence-electron chi connectivity index (χ1n) is 6.31. The number of alkyl halides is 1. The zero-order valence-corrected chi connectivity index (χ0v) is 12.6. The zero-order chi connectivity index (χ0) is 13.4. The van der Waals surface area contributed by atoms with Gasteiger partial charge in [-0.25, -0.2) is 4.39 Å². The molecule has 0 bridgehead atoms. The van der Waals surface area contributed by atoms with Crippen LogP contribution in [-0.2, 0) is 12.8 Å². The van der Waals surface area contributed by atoms with Crippen LogP contribution in [0.3, 0.4) is 0 Å². The smallest absolute Gasteiger partial charge is 0.137 e. The monoisotopic (exact) mass is 338 g/mol. The molecule has 3 heteroatoms. The van der Waals surface area contributed by atoms with Gasteiger partial charge in [-0.1, -0.05) is 30.3 Å². The topological polar surface area (TPSA) is 0 Å². The van der Waals surface area contributed by atoms with Crippen LogP contribution >= 0.6 is 27.5 Å². The van der Waals surface area contributed by atoms with Gasteiger partial charge >= 0.3 is 0 Å². The SMILES string of the molecule is Fc1ccc(CC2Cc3ccccc3C2Cl)cc1Br. The molecule has 0 fully saturated rings. The third-order valence-corrected chi connectivity index (χ3v) is 4.93. The second-order valence-corrected chi connectivity index (χ2v) is 6.34. The standard InChI is InChI=1S/C16H13BrClF/c17-14-8-10(5-6-15(14)19)7-12-9-11-3-1-2-4-13(11)16(12)18/h1-6,8,12,16H,7,9H2. The van der Waals surface area contributed by atoms with E-state index in [2.05, 4.69) is 34.1 Å². The van der Waals surface area contributed by atoms with Crippen LogP contribution in [0.1, 0.15) is 22.1 Å². The van der Waals surface area contributed by atoms with Gasteiger partial charge in [0, 0.05) is 0 Å².